The first-order valence-corrected chi connectivity index (χ1v) is 39.4. The first kappa shape index (κ1) is 83.0. The summed E-state index contributed by atoms with van der Waals surface area (Å²) in [6.45, 7) is 66.1. The minimum atomic E-state index is -0.241. The zero-order chi connectivity index (χ0) is 82.9. The molecule has 0 spiro atoms. The molecular weight excluding hydrogens is 1420 g/mol. The summed E-state index contributed by atoms with van der Waals surface area (Å²) in [6, 6.07) is 29.9. The number of nitrogens with zero attached hydrogens (tertiary/aromatic N) is 12. The van der Waals surface area contributed by atoms with E-state index in [1.54, 1.807) is 49.5 Å². The fraction of sp³-hybridized carbons (Fsp3) is 0.354. The number of allylic oxidation sites excluding steroid dienone is 24. The summed E-state index contributed by atoms with van der Waals surface area (Å²) in [6.07, 6.45) is 39.2. The number of ether oxygens (including phenoxy) is 4. The minimum absolute atomic E-state index is 0.0638. The summed E-state index contributed by atoms with van der Waals surface area (Å²) in [7, 11) is 4.00. The first-order valence-electron chi connectivity index (χ1n) is 39.4. The van der Waals surface area contributed by atoms with Gasteiger partial charge in [0.2, 0.25) is 0 Å². The predicted octanol–water partition coefficient (Wildman–Crippen LogP) is 23.0. The SMILES string of the molecule is [C-]#[N+]/C(C#N)=C1/C=C(C)OC(/C=C/c2cc3c4c(c2)CCCN4CCC3)=C1.[C-]#[N+]/C(C#N)=C1C=C(/C=C/c2cc3c4c(c2)C(C)(C)CCN4CCC3(C)C)OC(C(C)(C)C)=C/1.[C-]#[N+]/C(C#N)=C1\C=C(C)OC(/C=C/c2cc3c4c(c2)C(C)(C)CCN4CCC3(C)C)=C1.[C-]#[N+]/C(C#N)=C1\C=C(C)OC(/C=C/c2ccc(N(C)C)cc2)=C1. The summed E-state index contributed by atoms with van der Waals surface area (Å²) < 4.78 is 23.4. The summed E-state index contributed by atoms with van der Waals surface area (Å²) in [4.78, 5) is 23.0. The van der Waals surface area contributed by atoms with Gasteiger partial charge in [-0.15, -0.1) is 0 Å². The van der Waals surface area contributed by atoms with Crippen molar-refractivity contribution in [2.45, 2.75) is 170 Å². The maximum Gasteiger partial charge on any atom is 0.269 e. The third-order valence-corrected chi connectivity index (χ3v) is 22.7. The van der Waals surface area contributed by atoms with Crippen molar-refractivity contribution in [2.75, 3.05) is 73.0 Å². The van der Waals surface area contributed by atoms with Gasteiger partial charge in [-0.25, -0.2) is 40.4 Å². The number of benzene rings is 4. The fourth-order valence-electron chi connectivity index (χ4n) is 16.0. The normalized spacial score (nSPS) is 20.5. The number of nitriles is 4. The molecule has 0 amide bonds. The standard InChI is InChI=1S/C30H35N3O.C27H29N3O.C23H21N3O.C19H17N3O/c1-28(2,3)26-18-21(25(19-31)32-8)17-22(34-26)10-9-20-15-23-27-24(16-20)30(6,7)12-14-33(27)13-11-29(23,4)5;1-18-13-20(24(17-28)29-6)16-21(31-18)8-7-19-14-22-25-23(15-19)27(4,5)10-12-30(25)11-9-26(22,2)3;1-16-11-20(22(15-24)25-2)14-21(27-16)8-7-17-12-18-5-3-9-26-10-4-6-19(13-17)23(18)26;1-14-11-16(19(13-20)21-2)12-18(23-14)10-7-15-5-8-17(9-6-15)22(3)4/h9-10,15-18H,11-14H2,1-7H3;7-8,13-16H,9-12H2,1-5H3;7-8,11-14H,3-6,9-10H2,1H3;5-12H,1,3-4H3/b10-9+,25-21-;8-7+,24-20+;8-7+,22-20-;10-7+,19-16+. The van der Waals surface area contributed by atoms with Gasteiger partial charge in [-0.2, -0.15) is 0 Å². The summed E-state index contributed by atoms with van der Waals surface area (Å²) >= 11 is 0. The second-order valence-electron chi connectivity index (χ2n) is 34.4. The topological polar surface area (TPSA) is 162 Å². The lowest BCUT2D eigenvalue weighted by atomic mass is 9.69. The molecule has 10 aliphatic heterocycles. The first-order chi connectivity index (χ1) is 54.7. The van der Waals surface area contributed by atoms with Crippen LogP contribution in [-0.2, 0) is 53.4 Å². The van der Waals surface area contributed by atoms with Gasteiger partial charge < -0.3 is 38.5 Å². The van der Waals surface area contributed by atoms with E-state index in [1.807, 2.05) is 118 Å². The molecule has 0 saturated carbocycles. The molecule has 10 aliphatic rings. The van der Waals surface area contributed by atoms with Crippen molar-refractivity contribution in [1.82, 2.24) is 0 Å². The maximum absolute atomic E-state index is 9.41. The molecule has 4 aromatic carbocycles. The third-order valence-electron chi connectivity index (χ3n) is 22.7. The predicted molar refractivity (Wildman–Crippen MR) is 463 cm³/mol. The summed E-state index contributed by atoms with van der Waals surface area (Å²) in [5.74, 6) is 5.29. The molecule has 16 heteroatoms. The van der Waals surface area contributed by atoms with Crippen molar-refractivity contribution in [3.8, 4) is 24.3 Å². The van der Waals surface area contributed by atoms with Crippen LogP contribution in [0.5, 0.6) is 0 Å². The average molecular weight is 1520 g/mol. The number of rotatable bonds is 9. The van der Waals surface area contributed by atoms with Gasteiger partial charge in [-0.3, -0.25) is 0 Å². The molecule has 0 aromatic heterocycles. The minimum Gasteiger partial charge on any atom is -0.462 e. The molecule has 10 heterocycles. The van der Waals surface area contributed by atoms with Gasteiger partial charge in [-0.05, 0) is 293 Å². The van der Waals surface area contributed by atoms with Crippen LogP contribution in [0.4, 0.5) is 22.7 Å². The Bertz CT molecular complexity index is 5350. The van der Waals surface area contributed by atoms with Crippen molar-refractivity contribution in [3.05, 3.63) is 326 Å². The van der Waals surface area contributed by atoms with E-state index in [-0.39, 0.29) is 49.9 Å². The molecule has 582 valence electrons. The molecule has 0 saturated heterocycles. The molecule has 0 unspecified atom stereocenters. The second kappa shape index (κ2) is 34.6. The van der Waals surface area contributed by atoms with Gasteiger partial charge in [0.25, 0.3) is 22.8 Å². The lowest BCUT2D eigenvalue weighted by Gasteiger charge is -2.48. The molecule has 0 fully saturated rings. The number of aryl methyl sites for hydroxylation is 2. The van der Waals surface area contributed by atoms with Crippen LogP contribution in [0.25, 0.3) is 43.7 Å². The van der Waals surface area contributed by atoms with Crippen LogP contribution in [-0.4, -0.2) is 53.4 Å². The highest BCUT2D eigenvalue weighted by atomic mass is 16.5. The van der Waals surface area contributed by atoms with Crippen LogP contribution < -0.4 is 19.6 Å². The Morgan fingerprint density at radius 1 is 0.400 bits per heavy atom. The lowest BCUT2D eigenvalue weighted by Crippen LogP contribution is -2.44. The summed E-state index contributed by atoms with van der Waals surface area (Å²) in [5.41, 5.74) is 21.7. The molecule has 115 heavy (non-hydrogen) atoms. The lowest BCUT2D eigenvalue weighted by molar-refractivity contribution is 0.223. The Balaban J connectivity index is 0.000000152. The van der Waals surface area contributed by atoms with Crippen LogP contribution in [0.3, 0.4) is 0 Å². The van der Waals surface area contributed by atoms with Gasteiger partial charge in [0.05, 0.1) is 50.6 Å². The fourth-order valence-corrected chi connectivity index (χ4v) is 16.0. The molecule has 16 nitrogen and oxygen atoms in total. The van der Waals surface area contributed by atoms with Crippen LogP contribution >= 0.6 is 0 Å². The third kappa shape index (κ3) is 19.2. The quantitative estimate of drug-likeness (QED) is 0.115. The van der Waals surface area contributed by atoms with Crippen LogP contribution in [0.2, 0.25) is 0 Å². The highest BCUT2D eigenvalue weighted by Gasteiger charge is 2.42. The molecule has 0 aliphatic carbocycles. The number of hydrogen-bond acceptors (Lipinski definition) is 12. The van der Waals surface area contributed by atoms with Crippen LogP contribution in [0.1, 0.15) is 191 Å². The van der Waals surface area contributed by atoms with E-state index < -0.39 is 0 Å². The summed E-state index contributed by atoms with van der Waals surface area (Å²) in [5, 5.41) is 36.7. The Morgan fingerprint density at radius 2 is 0.696 bits per heavy atom. The zero-order valence-corrected chi connectivity index (χ0v) is 69.4. The largest absolute Gasteiger partial charge is 0.462 e. The Morgan fingerprint density at radius 3 is 1.00 bits per heavy atom. The zero-order valence-electron chi connectivity index (χ0n) is 69.4. The highest BCUT2D eigenvalue weighted by Crippen LogP contribution is 2.52. The maximum atomic E-state index is 9.41. The Kier molecular flexibility index (Phi) is 24.9. The molecule has 0 radical (unpaired) electrons. The van der Waals surface area contributed by atoms with E-state index >= 15 is 0 Å². The molecular formula is C99H102N12O4. The monoisotopic (exact) mass is 1520 g/mol. The van der Waals surface area contributed by atoms with Gasteiger partial charge in [-0.1, -0.05) is 113 Å². The van der Waals surface area contributed by atoms with Gasteiger partial charge in [0.1, 0.15) is 46.1 Å². The van der Waals surface area contributed by atoms with E-state index in [0.717, 1.165) is 92.8 Å². The smallest absolute Gasteiger partial charge is 0.269 e. The van der Waals surface area contributed by atoms with Crippen molar-refractivity contribution in [3.63, 3.8) is 0 Å². The van der Waals surface area contributed by atoms with Gasteiger partial charge in [0, 0.05) is 81.5 Å². The Labute approximate surface area is 681 Å². The van der Waals surface area contributed by atoms with E-state index in [2.05, 4.69) is 165 Å². The van der Waals surface area contributed by atoms with E-state index in [0.29, 0.717) is 62.6 Å². The van der Waals surface area contributed by atoms with Gasteiger partial charge in [0.15, 0.2) is 0 Å². The molecule has 0 atom stereocenters. The van der Waals surface area contributed by atoms with Crippen molar-refractivity contribution < 1.29 is 18.9 Å². The highest BCUT2D eigenvalue weighted by molar-refractivity contribution is 5.75. The number of anilines is 4. The van der Waals surface area contributed by atoms with Crippen molar-refractivity contribution >= 4 is 47.1 Å². The second-order valence-corrected chi connectivity index (χ2v) is 34.4. The number of hydrogen-bond donors (Lipinski definition) is 0. The molecule has 0 N–H and O–H groups in total. The van der Waals surface area contributed by atoms with E-state index in [4.69, 9.17) is 55.8 Å². The van der Waals surface area contributed by atoms with E-state index in [1.165, 1.54) is 81.9 Å². The van der Waals surface area contributed by atoms with Crippen molar-refractivity contribution in [1.29, 1.82) is 21.0 Å². The Hall–Kier alpha value is -13.0. The van der Waals surface area contributed by atoms with Crippen LogP contribution in [0, 0.1) is 77.0 Å². The van der Waals surface area contributed by atoms with Gasteiger partial charge >= 0.3 is 0 Å². The average Bonchev–Trinajstić information content (AvgIpc) is 0.732. The molecule has 4 aromatic rings. The molecule has 14 rings (SSSR count). The van der Waals surface area contributed by atoms with Crippen molar-refractivity contribution in [2.24, 2.45) is 5.41 Å². The van der Waals surface area contributed by atoms with E-state index in [9.17, 15) is 10.5 Å². The molecule has 0 bridgehead atoms. The van der Waals surface area contributed by atoms with Crippen LogP contribution in [0.15, 0.2) is 225 Å².